The molecular formula is C31H54O4. The molecule has 0 spiro atoms. The molecule has 2 N–H and O–H groups in total. The number of phenolic OH excluding ortho intramolecular Hbond substituents is 1. The van der Waals surface area contributed by atoms with Crippen LogP contribution in [0.15, 0.2) is 0 Å². The molecule has 35 heavy (non-hydrogen) atoms. The zero-order chi connectivity index (χ0) is 26.8. The molecular weight excluding hydrogens is 436 g/mol. The third-order valence-electron chi connectivity index (χ3n) is 7.87. The molecule has 1 aromatic carbocycles. The summed E-state index contributed by atoms with van der Waals surface area (Å²) in [6.07, 6.45) is 14.1. The lowest BCUT2D eigenvalue weighted by atomic mass is 9.84. The molecule has 0 fully saturated rings. The summed E-state index contributed by atoms with van der Waals surface area (Å²) in [6, 6.07) is 0. The van der Waals surface area contributed by atoms with E-state index in [0.29, 0.717) is 5.75 Å². The fourth-order valence-electron chi connectivity index (χ4n) is 5.27. The Labute approximate surface area is 215 Å². The van der Waals surface area contributed by atoms with E-state index in [0.717, 1.165) is 66.4 Å². The second kappa shape index (κ2) is 14.8. The molecule has 1 aliphatic heterocycles. The van der Waals surface area contributed by atoms with Gasteiger partial charge in [-0.2, -0.15) is 0 Å². The predicted molar refractivity (Wildman–Crippen MR) is 148 cm³/mol. The van der Waals surface area contributed by atoms with Crippen LogP contribution in [-0.4, -0.2) is 21.8 Å². The van der Waals surface area contributed by atoms with Gasteiger partial charge in [-0.25, -0.2) is 0 Å². The van der Waals surface area contributed by atoms with Gasteiger partial charge in [0.2, 0.25) is 0 Å². The lowest BCUT2D eigenvalue weighted by molar-refractivity contribution is -0.134. The molecule has 1 aliphatic rings. The molecule has 4 nitrogen and oxygen atoms in total. The molecule has 0 saturated heterocycles. The molecule has 0 aromatic heterocycles. The predicted octanol–water partition coefficient (Wildman–Crippen LogP) is 8.93. The zero-order valence-electron chi connectivity index (χ0n) is 24.2. The highest BCUT2D eigenvalue weighted by Gasteiger charge is 2.34. The van der Waals surface area contributed by atoms with Gasteiger partial charge in [-0.05, 0) is 87.8 Å². The normalized spacial score (nSPS) is 18.8. The number of rotatable bonds is 12. The summed E-state index contributed by atoms with van der Waals surface area (Å²) in [6.45, 7) is 19.0. The van der Waals surface area contributed by atoms with Crippen molar-refractivity contribution in [3.8, 4) is 11.5 Å². The minimum absolute atomic E-state index is 0.0712. The molecule has 0 aliphatic carbocycles. The van der Waals surface area contributed by atoms with Gasteiger partial charge in [-0.3, -0.25) is 4.79 Å². The van der Waals surface area contributed by atoms with Crippen molar-refractivity contribution in [2.24, 2.45) is 17.8 Å². The number of aromatic hydroxyl groups is 1. The first-order valence-electron chi connectivity index (χ1n) is 14.0. The Balaban J connectivity index is 0.00000142. The van der Waals surface area contributed by atoms with Crippen molar-refractivity contribution in [1.29, 1.82) is 0 Å². The van der Waals surface area contributed by atoms with Crippen molar-refractivity contribution >= 4 is 5.97 Å². The van der Waals surface area contributed by atoms with Crippen LogP contribution < -0.4 is 4.74 Å². The van der Waals surface area contributed by atoms with E-state index >= 15 is 0 Å². The van der Waals surface area contributed by atoms with Crippen LogP contribution in [0, 0.1) is 38.5 Å². The van der Waals surface area contributed by atoms with Crippen LogP contribution >= 0.6 is 0 Å². The van der Waals surface area contributed by atoms with Crippen molar-refractivity contribution in [1.82, 2.24) is 0 Å². The molecule has 4 heteroatoms. The van der Waals surface area contributed by atoms with Gasteiger partial charge in [0.15, 0.2) is 0 Å². The molecule has 3 atom stereocenters. The van der Waals surface area contributed by atoms with E-state index in [1.165, 1.54) is 56.9 Å². The van der Waals surface area contributed by atoms with Gasteiger partial charge in [-0.1, -0.05) is 72.6 Å². The van der Waals surface area contributed by atoms with Gasteiger partial charge < -0.3 is 14.9 Å². The van der Waals surface area contributed by atoms with Crippen LogP contribution in [0.3, 0.4) is 0 Å². The maximum Gasteiger partial charge on any atom is 0.300 e. The Hall–Kier alpha value is -1.71. The van der Waals surface area contributed by atoms with E-state index in [1.807, 2.05) is 13.8 Å². The monoisotopic (exact) mass is 490 g/mol. The van der Waals surface area contributed by atoms with Crippen molar-refractivity contribution in [2.75, 3.05) is 0 Å². The van der Waals surface area contributed by atoms with Gasteiger partial charge in [-0.15, -0.1) is 0 Å². The number of hydrogen-bond acceptors (Lipinski definition) is 3. The van der Waals surface area contributed by atoms with Crippen LogP contribution in [0.2, 0.25) is 0 Å². The number of carboxylic acid groups (broad SMARTS) is 1. The van der Waals surface area contributed by atoms with Gasteiger partial charge in [0.05, 0.1) is 0 Å². The molecule has 202 valence electrons. The largest absolute Gasteiger partial charge is 0.507 e. The van der Waals surface area contributed by atoms with Crippen molar-refractivity contribution in [3.05, 3.63) is 22.3 Å². The second-order valence-electron chi connectivity index (χ2n) is 12.0. The first kappa shape index (κ1) is 31.3. The minimum atomic E-state index is -0.833. The zero-order valence-corrected chi connectivity index (χ0v) is 24.2. The summed E-state index contributed by atoms with van der Waals surface area (Å²) in [5, 5.41) is 17.8. The molecule has 1 aromatic rings. The van der Waals surface area contributed by atoms with Crippen LogP contribution in [0.5, 0.6) is 11.5 Å². The molecule has 0 saturated carbocycles. The minimum Gasteiger partial charge on any atom is -0.507 e. The van der Waals surface area contributed by atoms with Crippen molar-refractivity contribution in [2.45, 2.75) is 139 Å². The smallest absolute Gasteiger partial charge is 0.300 e. The highest BCUT2D eigenvalue weighted by molar-refractivity contribution is 5.63. The van der Waals surface area contributed by atoms with Gasteiger partial charge >= 0.3 is 0 Å². The van der Waals surface area contributed by atoms with Crippen LogP contribution in [-0.2, 0) is 11.2 Å². The number of aliphatic carboxylic acids is 1. The van der Waals surface area contributed by atoms with Gasteiger partial charge in [0.1, 0.15) is 17.1 Å². The number of carbonyl (C=O) groups is 1. The fourth-order valence-corrected chi connectivity index (χ4v) is 5.27. The van der Waals surface area contributed by atoms with E-state index in [2.05, 4.69) is 41.5 Å². The Kier molecular flexibility index (Phi) is 13.2. The third-order valence-corrected chi connectivity index (χ3v) is 7.87. The Morgan fingerprint density at radius 3 is 1.89 bits per heavy atom. The maximum atomic E-state index is 10.4. The van der Waals surface area contributed by atoms with Crippen molar-refractivity contribution < 1.29 is 19.7 Å². The highest BCUT2D eigenvalue weighted by Crippen LogP contribution is 2.44. The summed E-state index contributed by atoms with van der Waals surface area (Å²) in [5.74, 6) is 3.20. The van der Waals surface area contributed by atoms with Crippen LogP contribution in [0.4, 0.5) is 0 Å². The summed E-state index contributed by atoms with van der Waals surface area (Å²) >= 11 is 0. The first-order valence-corrected chi connectivity index (χ1v) is 14.0. The summed E-state index contributed by atoms with van der Waals surface area (Å²) in [7, 11) is 0. The number of fused-ring (bicyclic) bond motifs is 1. The molecule has 0 amide bonds. The standard InChI is InChI=1S/C29H50O2.C2H4O2/c1-20(2)12-9-13-21(3)14-10-15-22(4)16-11-18-29(8)19-17-26-25(7)27(30)23(5)24(6)28(26)31-29;1-2(3)4/h20-22,30H,9-19H2,1-8H3;1H3,(H,3,4)/t21?,22?,29-;/m1./s1. The quantitative estimate of drug-likeness (QED) is 0.307. The van der Waals surface area contributed by atoms with E-state index in [-0.39, 0.29) is 5.60 Å². The van der Waals surface area contributed by atoms with Crippen LogP contribution in [0.25, 0.3) is 0 Å². The van der Waals surface area contributed by atoms with E-state index in [9.17, 15) is 5.11 Å². The number of phenols is 1. The lowest BCUT2D eigenvalue weighted by Crippen LogP contribution is -2.37. The summed E-state index contributed by atoms with van der Waals surface area (Å²) in [4.78, 5) is 9.00. The number of ether oxygens (including phenoxy) is 1. The van der Waals surface area contributed by atoms with Gasteiger partial charge in [0.25, 0.3) is 5.97 Å². The lowest BCUT2D eigenvalue weighted by Gasteiger charge is -2.38. The third kappa shape index (κ3) is 10.8. The number of carboxylic acids is 1. The van der Waals surface area contributed by atoms with Crippen molar-refractivity contribution in [3.63, 3.8) is 0 Å². The van der Waals surface area contributed by atoms with E-state index in [1.54, 1.807) is 0 Å². The van der Waals surface area contributed by atoms with Gasteiger partial charge in [0, 0.05) is 12.5 Å². The Bertz CT molecular complexity index is 794. The summed E-state index contributed by atoms with van der Waals surface area (Å²) in [5.41, 5.74) is 4.23. The molecule has 0 radical (unpaired) electrons. The number of hydrogen-bond donors (Lipinski definition) is 2. The first-order chi connectivity index (χ1) is 16.3. The Morgan fingerprint density at radius 2 is 1.37 bits per heavy atom. The second-order valence-corrected chi connectivity index (χ2v) is 12.0. The molecule has 1 heterocycles. The van der Waals surface area contributed by atoms with E-state index in [4.69, 9.17) is 14.6 Å². The molecule has 0 bridgehead atoms. The average molecular weight is 491 g/mol. The molecule has 2 unspecified atom stereocenters. The SMILES string of the molecule is CC(=O)O.Cc1c(C)c2c(c(C)c1O)CC[C@@](C)(CCCC(C)CCCC(C)CCCC(C)C)O2. The van der Waals surface area contributed by atoms with Crippen LogP contribution in [0.1, 0.15) is 128 Å². The number of benzene rings is 1. The Morgan fingerprint density at radius 1 is 0.886 bits per heavy atom. The van der Waals surface area contributed by atoms with E-state index < -0.39 is 5.97 Å². The average Bonchev–Trinajstić information content (AvgIpc) is 2.75. The topological polar surface area (TPSA) is 66.8 Å². The highest BCUT2D eigenvalue weighted by atomic mass is 16.5. The fraction of sp³-hybridized carbons (Fsp3) is 0.774. The molecule has 2 rings (SSSR count). The summed E-state index contributed by atoms with van der Waals surface area (Å²) < 4.78 is 6.60. The maximum absolute atomic E-state index is 10.4.